The standard InChI is InChI=1S/C23H27Cl2NO4S/c1-4-30-22-20(24)11-18(12-21(22)25)23(27)26(19-9-10-31(28,29)14-19)13-16-5-7-17(8-6-16)15(2)3/h5-8,11-12,15,19H,4,9-10,13-14H2,1-3H3. The molecule has 0 radical (unpaired) electrons. The molecule has 0 N–H and O–H groups in total. The van der Waals surface area contributed by atoms with Gasteiger partial charge in [-0.05, 0) is 42.5 Å². The molecular formula is C23H27Cl2NO4S. The van der Waals surface area contributed by atoms with Gasteiger partial charge < -0.3 is 9.64 Å². The molecule has 0 aromatic heterocycles. The van der Waals surface area contributed by atoms with Crippen molar-refractivity contribution >= 4 is 38.9 Å². The van der Waals surface area contributed by atoms with Crippen molar-refractivity contribution in [2.45, 2.75) is 45.7 Å². The molecule has 1 aliphatic rings. The topological polar surface area (TPSA) is 63.7 Å². The molecule has 2 aromatic carbocycles. The van der Waals surface area contributed by atoms with E-state index >= 15 is 0 Å². The summed E-state index contributed by atoms with van der Waals surface area (Å²) in [6.45, 7) is 6.75. The van der Waals surface area contributed by atoms with Crippen LogP contribution in [0, 0.1) is 0 Å². The third kappa shape index (κ3) is 5.73. The molecule has 1 unspecified atom stereocenters. The number of amides is 1. The van der Waals surface area contributed by atoms with Crippen LogP contribution in [0.2, 0.25) is 10.0 Å². The third-order valence-corrected chi connectivity index (χ3v) is 7.76. The van der Waals surface area contributed by atoms with Gasteiger partial charge in [0.25, 0.3) is 5.91 Å². The van der Waals surface area contributed by atoms with Crippen molar-refractivity contribution < 1.29 is 17.9 Å². The van der Waals surface area contributed by atoms with E-state index < -0.39 is 15.9 Å². The Hall–Kier alpha value is -1.76. The molecule has 0 saturated carbocycles. The second-order valence-electron chi connectivity index (χ2n) is 8.09. The summed E-state index contributed by atoms with van der Waals surface area (Å²) in [5.41, 5.74) is 2.45. The molecule has 1 heterocycles. The van der Waals surface area contributed by atoms with Crippen LogP contribution in [-0.2, 0) is 16.4 Å². The SMILES string of the molecule is CCOc1c(Cl)cc(C(=O)N(Cc2ccc(C(C)C)cc2)C2CCS(=O)(=O)C2)cc1Cl. The zero-order chi connectivity index (χ0) is 22.8. The van der Waals surface area contributed by atoms with Crippen molar-refractivity contribution in [2.24, 2.45) is 0 Å². The molecule has 0 aliphatic carbocycles. The van der Waals surface area contributed by atoms with Gasteiger partial charge in [-0.2, -0.15) is 0 Å². The summed E-state index contributed by atoms with van der Waals surface area (Å²) in [7, 11) is -3.16. The molecule has 1 amide bonds. The molecular weight excluding hydrogens is 457 g/mol. The van der Waals surface area contributed by atoms with Gasteiger partial charge in [-0.15, -0.1) is 0 Å². The maximum atomic E-state index is 13.5. The van der Waals surface area contributed by atoms with E-state index in [1.807, 2.05) is 31.2 Å². The van der Waals surface area contributed by atoms with Gasteiger partial charge in [0.2, 0.25) is 0 Å². The number of sulfone groups is 1. The maximum Gasteiger partial charge on any atom is 0.254 e. The highest BCUT2D eigenvalue weighted by Gasteiger charge is 2.35. The minimum atomic E-state index is -3.16. The number of benzene rings is 2. The summed E-state index contributed by atoms with van der Waals surface area (Å²) >= 11 is 12.6. The number of nitrogens with zero attached hydrogens (tertiary/aromatic N) is 1. The molecule has 8 heteroatoms. The minimum Gasteiger partial charge on any atom is -0.491 e. The predicted molar refractivity (Wildman–Crippen MR) is 125 cm³/mol. The van der Waals surface area contributed by atoms with Gasteiger partial charge in [0.05, 0.1) is 28.2 Å². The number of halogens is 2. The average molecular weight is 484 g/mol. The largest absolute Gasteiger partial charge is 0.491 e. The Bertz CT molecular complexity index is 1030. The van der Waals surface area contributed by atoms with Crippen LogP contribution in [0.3, 0.4) is 0 Å². The lowest BCUT2D eigenvalue weighted by Gasteiger charge is -2.29. The molecule has 0 spiro atoms. The summed E-state index contributed by atoms with van der Waals surface area (Å²) in [6, 6.07) is 10.7. The Morgan fingerprint density at radius 3 is 2.26 bits per heavy atom. The Kier molecular flexibility index (Phi) is 7.55. The molecule has 1 atom stereocenters. The number of carbonyl (C=O) groups is 1. The van der Waals surface area contributed by atoms with Crippen molar-refractivity contribution in [3.63, 3.8) is 0 Å². The highest BCUT2D eigenvalue weighted by Crippen LogP contribution is 2.35. The summed E-state index contributed by atoms with van der Waals surface area (Å²) in [5.74, 6) is 0.475. The Balaban J connectivity index is 1.93. The number of rotatable bonds is 7. The quantitative estimate of drug-likeness (QED) is 0.532. The molecule has 2 aromatic rings. The van der Waals surface area contributed by atoms with Gasteiger partial charge in [0.1, 0.15) is 0 Å². The fraction of sp³-hybridized carbons (Fsp3) is 0.435. The van der Waals surface area contributed by atoms with Crippen LogP contribution in [0.1, 0.15) is 54.6 Å². The van der Waals surface area contributed by atoms with Gasteiger partial charge in [-0.3, -0.25) is 4.79 Å². The van der Waals surface area contributed by atoms with Crippen LogP contribution in [-0.4, -0.2) is 43.4 Å². The first-order valence-corrected chi connectivity index (χ1v) is 12.9. The van der Waals surface area contributed by atoms with Crippen LogP contribution in [0.5, 0.6) is 5.75 Å². The van der Waals surface area contributed by atoms with E-state index in [1.54, 1.807) is 4.90 Å². The second kappa shape index (κ2) is 9.80. The lowest BCUT2D eigenvalue weighted by Crippen LogP contribution is -2.40. The number of carbonyl (C=O) groups excluding carboxylic acids is 1. The van der Waals surface area contributed by atoms with Gasteiger partial charge in [-0.25, -0.2) is 8.42 Å². The van der Waals surface area contributed by atoms with Gasteiger partial charge in [0, 0.05) is 18.2 Å². The monoisotopic (exact) mass is 483 g/mol. The number of ether oxygens (including phenoxy) is 1. The fourth-order valence-electron chi connectivity index (χ4n) is 3.72. The molecule has 3 rings (SSSR count). The van der Waals surface area contributed by atoms with Crippen LogP contribution >= 0.6 is 23.2 Å². The van der Waals surface area contributed by atoms with Crippen molar-refractivity contribution in [1.82, 2.24) is 4.90 Å². The Labute approximate surface area is 194 Å². The normalized spacial score (nSPS) is 17.7. The zero-order valence-electron chi connectivity index (χ0n) is 17.9. The van der Waals surface area contributed by atoms with Crippen molar-refractivity contribution in [3.8, 4) is 5.75 Å². The molecule has 1 saturated heterocycles. The number of hydrogen-bond donors (Lipinski definition) is 0. The molecule has 1 fully saturated rings. The highest BCUT2D eigenvalue weighted by molar-refractivity contribution is 7.91. The molecule has 168 valence electrons. The van der Waals surface area contributed by atoms with Crippen molar-refractivity contribution in [3.05, 3.63) is 63.1 Å². The Morgan fingerprint density at radius 1 is 1.16 bits per heavy atom. The molecule has 5 nitrogen and oxygen atoms in total. The smallest absolute Gasteiger partial charge is 0.254 e. The lowest BCUT2D eigenvalue weighted by atomic mass is 10.0. The van der Waals surface area contributed by atoms with Gasteiger partial charge in [-0.1, -0.05) is 61.3 Å². The summed E-state index contributed by atoms with van der Waals surface area (Å²) in [6.07, 6.45) is 0.413. The fourth-order valence-corrected chi connectivity index (χ4v) is 6.05. The van der Waals surface area contributed by atoms with E-state index in [-0.39, 0.29) is 27.5 Å². The summed E-state index contributed by atoms with van der Waals surface area (Å²) < 4.78 is 29.7. The predicted octanol–water partition coefficient (Wildman–Crippen LogP) is 5.35. The van der Waals surface area contributed by atoms with E-state index in [1.165, 1.54) is 17.7 Å². The molecule has 0 bridgehead atoms. The second-order valence-corrected chi connectivity index (χ2v) is 11.1. The molecule has 1 aliphatic heterocycles. The number of hydrogen-bond acceptors (Lipinski definition) is 4. The minimum absolute atomic E-state index is 0.0404. The average Bonchev–Trinajstić information content (AvgIpc) is 3.08. The Morgan fingerprint density at radius 2 is 1.77 bits per heavy atom. The van der Waals surface area contributed by atoms with Gasteiger partial charge in [0.15, 0.2) is 15.6 Å². The van der Waals surface area contributed by atoms with Crippen LogP contribution in [0.25, 0.3) is 0 Å². The van der Waals surface area contributed by atoms with Gasteiger partial charge >= 0.3 is 0 Å². The third-order valence-electron chi connectivity index (χ3n) is 5.44. The summed E-state index contributed by atoms with van der Waals surface area (Å²) in [5, 5.41) is 0.496. The first kappa shape index (κ1) is 23.9. The van der Waals surface area contributed by atoms with Crippen molar-refractivity contribution in [2.75, 3.05) is 18.1 Å². The van der Waals surface area contributed by atoms with E-state index in [0.29, 0.717) is 36.8 Å². The lowest BCUT2D eigenvalue weighted by molar-refractivity contribution is 0.0681. The van der Waals surface area contributed by atoms with E-state index in [4.69, 9.17) is 27.9 Å². The first-order valence-electron chi connectivity index (χ1n) is 10.3. The highest BCUT2D eigenvalue weighted by atomic mass is 35.5. The van der Waals surface area contributed by atoms with Crippen molar-refractivity contribution in [1.29, 1.82) is 0 Å². The zero-order valence-corrected chi connectivity index (χ0v) is 20.2. The summed E-state index contributed by atoms with van der Waals surface area (Å²) in [4.78, 5) is 15.1. The van der Waals surface area contributed by atoms with E-state index in [0.717, 1.165) is 5.56 Å². The van der Waals surface area contributed by atoms with Crippen LogP contribution in [0.4, 0.5) is 0 Å². The van der Waals surface area contributed by atoms with E-state index in [9.17, 15) is 13.2 Å². The van der Waals surface area contributed by atoms with E-state index in [2.05, 4.69) is 13.8 Å². The maximum absolute atomic E-state index is 13.5. The van der Waals surface area contributed by atoms with Crippen LogP contribution in [0.15, 0.2) is 36.4 Å². The first-order chi connectivity index (χ1) is 14.6. The van der Waals surface area contributed by atoms with Crippen LogP contribution < -0.4 is 4.74 Å². The molecule has 31 heavy (non-hydrogen) atoms.